The van der Waals surface area contributed by atoms with E-state index in [1.54, 1.807) is 24.3 Å². The minimum atomic E-state index is -0.255. The lowest BCUT2D eigenvalue weighted by Crippen LogP contribution is -2.31. The Hall–Kier alpha value is -1.89. The van der Waals surface area contributed by atoms with Crippen molar-refractivity contribution in [3.8, 4) is 0 Å². The maximum absolute atomic E-state index is 12.1. The molecule has 0 saturated carbocycles. The van der Waals surface area contributed by atoms with Gasteiger partial charge in [-0.1, -0.05) is 29.3 Å². The Balaban J connectivity index is 2.07. The number of amides is 1. The largest absolute Gasteiger partial charge is 0.349 e. The Bertz CT molecular complexity index is 693. The second kappa shape index (κ2) is 8.10. The first kappa shape index (κ1) is 17.5. The molecule has 0 atom stereocenters. The van der Waals surface area contributed by atoms with Crippen LogP contribution in [0, 0.1) is 0 Å². The van der Waals surface area contributed by atoms with E-state index in [-0.39, 0.29) is 11.6 Å². The van der Waals surface area contributed by atoms with Crippen LogP contribution in [0.25, 0.3) is 0 Å². The Morgan fingerprint density at radius 3 is 2.78 bits per heavy atom. The molecule has 0 fully saturated rings. The fraction of sp³-hybridized carbons (Fsp3) is 0.267. The van der Waals surface area contributed by atoms with Crippen molar-refractivity contribution in [2.75, 3.05) is 32.5 Å². The van der Waals surface area contributed by atoms with Gasteiger partial charge in [0.1, 0.15) is 17.8 Å². The van der Waals surface area contributed by atoms with Crippen molar-refractivity contribution in [2.24, 2.45) is 0 Å². The molecule has 1 heterocycles. The predicted octanol–water partition coefficient (Wildman–Crippen LogP) is 2.82. The first-order chi connectivity index (χ1) is 11.0. The smallest absolute Gasteiger partial charge is 0.270 e. The Morgan fingerprint density at radius 2 is 2.04 bits per heavy atom. The molecule has 0 saturated heterocycles. The summed E-state index contributed by atoms with van der Waals surface area (Å²) in [5.74, 6) is 0.205. The fourth-order valence-electron chi connectivity index (χ4n) is 1.77. The predicted molar refractivity (Wildman–Crippen MR) is 92.7 cm³/mol. The van der Waals surface area contributed by atoms with Gasteiger partial charge in [-0.15, -0.1) is 0 Å². The summed E-state index contributed by atoms with van der Waals surface area (Å²) in [6.45, 7) is 1.29. The molecule has 8 heteroatoms. The van der Waals surface area contributed by atoms with Crippen molar-refractivity contribution >= 4 is 40.6 Å². The molecule has 0 spiro atoms. The zero-order valence-corrected chi connectivity index (χ0v) is 14.3. The highest BCUT2D eigenvalue weighted by Gasteiger charge is 2.10. The second-order valence-corrected chi connectivity index (χ2v) is 5.86. The number of halogens is 2. The third-order valence-corrected chi connectivity index (χ3v) is 3.78. The summed E-state index contributed by atoms with van der Waals surface area (Å²) in [4.78, 5) is 22.1. The summed E-state index contributed by atoms with van der Waals surface area (Å²) >= 11 is 12.1. The average Bonchev–Trinajstić information content (AvgIpc) is 2.52. The Kier molecular flexibility index (Phi) is 6.15. The van der Waals surface area contributed by atoms with E-state index in [9.17, 15) is 4.79 Å². The van der Waals surface area contributed by atoms with Crippen LogP contribution in [0.5, 0.6) is 0 Å². The SMILES string of the molecule is CN(C)CCNC(=O)c1cc(Nc2cccc(Cl)c2Cl)ncn1. The van der Waals surface area contributed by atoms with Crippen LogP contribution >= 0.6 is 23.2 Å². The minimum Gasteiger partial charge on any atom is -0.349 e. The van der Waals surface area contributed by atoms with Gasteiger partial charge in [0.05, 0.1) is 15.7 Å². The molecule has 1 amide bonds. The van der Waals surface area contributed by atoms with Crippen molar-refractivity contribution in [2.45, 2.75) is 0 Å². The molecule has 6 nitrogen and oxygen atoms in total. The number of hydrogen-bond acceptors (Lipinski definition) is 5. The van der Waals surface area contributed by atoms with Crippen molar-refractivity contribution < 1.29 is 4.79 Å². The molecular formula is C15H17Cl2N5O. The third kappa shape index (κ3) is 5.06. The lowest BCUT2D eigenvalue weighted by molar-refractivity contribution is 0.0946. The van der Waals surface area contributed by atoms with E-state index in [0.717, 1.165) is 6.54 Å². The number of carbonyl (C=O) groups excluding carboxylic acids is 1. The van der Waals surface area contributed by atoms with Crippen LogP contribution < -0.4 is 10.6 Å². The first-order valence-electron chi connectivity index (χ1n) is 6.93. The summed E-state index contributed by atoms with van der Waals surface area (Å²) in [7, 11) is 3.88. The molecule has 122 valence electrons. The van der Waals surface area contributed by atoms with Crippen LogP contribution in [0.4, 0.5) is 11.5 Å². The molecule has 2 aromatic rings. The first-order valence-corrected chi connectivity index (χ1v) is 7.69. The van der Waals surface area contributed by atoms with Gasteiger partial charge in [0.25, 0.3) is 5.91 Å². The molecule has 0 aliphatic rings. The lowest BCUT2D eigenvalue weighted by Gasteiger charge is -2.11. The molecule has 0 aliphatic carbocycles. The number of likely N-dealkylation sites (N-methyl/N-ethyl adjacent to an activating group) is 1. The van der Waals surface area contributed by atoms with Crippen LogP contribution in [0.15, 0.2) is 30.6 Å². The van der Waals surface area contributed by atoms with E-state index < -0.39 is 0 Å². The summed E-state index contributed by atoms with van der Waals surface area (Å²) < 4.78 is 0. The summed E-state index contributed by atoms with van der Waals surface area (Å²) in [6, 6.07) is 6.79. The highest BCUT2D eigenvalue weighted by atomic mass is 35.5. The Morgan fingerprint density at radius 1 is 1.26 bits per heavy atom. The van der Waals surface area contributed by atoms with Crippen molar-refractivity contribution in [1.29, 1.82) is 0 Å². The van der Waals surface area contributed by atoms with Crippen molar-refractivity contribution in [3.63, 3.8) is 0 Å². The monoisotopic (exact) mass is 353 g/mol. The van der Waals surface area contributed by atoms with Gasteiger partial charge in [0.15, 0.2) is 0 Å². The molecule has 0 radical (unpaired) electrons. The molecule has 0 aliphatic heterocycles. The van der Waals surface area contributed by atoms with Gasteiger partial charge >= 0.3 is 0 Å². The number of nitrogens with zero attached hydrogens (tertiary/aromatic N) is 3. The second-order valence-electron chi connectivity index (χ2n) is 5.07. The van der Waals surface area contributed by atoms with E-state index in [4.69, 9.17) is 23.2 Å². The normalized spacial score (nSPS) is 10.7. The molecule has 1 aromatic heterocycles. The van der Waals surface area contributed by atoms with Gasteiger partial charge < -0.3 is 15.5 Å². The van der Waals surface area contributed by atoms with Gasteiger partial charge in [-0.05, 0) is 26.2 Å². The maximum Gasteiger partial charge on any atom is 0.270 e. The fourth-order valence-corrected chi connectivity index (χ4v) is 2.12. The number of nitrogens with one attached hydrogen (secondary N) is 2. The van der Waals surface area contributed by atoms with Gasteiger partial charge in [-0.3, -0.25) is 4.79 Å². The van der Waals surface area contributed by atoms with Crippen LogP contribution in [0.3, 0.4) is 0 Å². The highest BCUT2D eigenvalue weighted by Crippen LogP contribution is 2.31. The topological polar surface area (TPSA) is 70.2 Å². The molecular weight excluding hydrogens is 337 g/mol. The quantitative estimate of drug-likeness (QED) is 0.835. The molecule has 1 aromatic carbocycles. The molecule has 2 N–H and O–H groups in total. The van der Waals surface area contributed by atoms with Crippen LogP contribution in [-0.2, 0) is 0 Å². The van der Waals surface area contributed by atoms with Gasteiger partial charge in [-0.25, -0.2) is 9.97 Å². The van der Waals surface area contributed by atoms with Crippen LogP contribution in [-0.4, -0.2) is 48.0 Å². The van der Waals surface area contributed by atoms with Crippen LogP contribution in [0.2, 0.25) is 10.0 Å². The molecule has 23 heavy (non-hydrogen) atoms. The van der Waals surface area contributed by atoms with E-state index in [2.05, 4.69) is 20.6 Å². The zero-order chi connectivity index (χ0) is 16.8. The average molecular weight is 354 g/mol. The standard InChI is InChI=1S/C15H17Cl2N5O/c1-22(2)7-6-18-15(23)12-8-13(20-9-19-12)21-11-5-3-4-10(16)14(11)17/h3-5,8-9H,6-7H2,1-2H3,(H,18,23)(H,19,20,21). The molecule has 2 rings (SSSR count). The number of rotatable bonds is 6. The number of hydrogen-bond donors (Lipinski definition) is 2. The number of carbonyl (C=O) groups is 1. The zero-order valence-electron chi connectivity index (χ0n) is 12.8. The number of anilines is 2. The van der Waals surface area contributed by atoms with Crippen molar-refractivity contribution in [1.82, 2.24) is 20.2 Å². The highest BCUT2D eigenvalue weighted by molar-refractivity contribution is 6.43. The molecule has 0 bridgehead atoms. The number of aromatic nitrogens is 2. The van der Waals surface area contributed by atoms with Gasteiger partial charge in [0.2, 0.25) is 0 Å². The minimum absolute atomic E-state index is 0.255. The van der Waals surface area contributed by atoms with E-state index in [1.165, 1.54) is 6.33 Å². The van der Waals surface area contributed by atoms with E-state index in [0.29, 0.717) is 28.1 Å². The van der Waals surface area contributed by atoms with Gasteiger partial charge in [0, 0.05) is 19.2 Å². The Labute approximate surface area is 144 Å². The van der Waals surface area contributed by atoms with E-state index >= 15 is 0 Å². The summed E-state index contributed by atoms with van der Waals surface area (Å²) in [6.07, 6.45) is 1.32. The summed E-state index contributed by atoms with van der Waals surface area (Å²) in [5.41, 5.74) is 0.885. The molecule has 0 unspecified atom stereocenters. The van der Waals surface area contributed by atoms with Gasteiger partial charge in [-0.2, -0.15) is 0 Å². The number of benzene rings is 1. The summed E-state index contributed by atoms with van der Waals surface area (Å²) in [5, 5.41) is 6.65. The third-order valence-electron chi connectivity index (χ3n) is 2.96. The van der Waals surface area contributed by atoms with Crippen LogP contribution in [0.1, 0.15) is 10.5 Å². The maximum atomic E-state index is 12.1. The van der Waals surface area contributed by atoms with E-state index in [1.807, 2.05) is 19.0 Å². The van der Waals surface area contributed by atoms with Crippen molar-refractivity contribution in [3.05, 3.63) is 46.3 Å². The lowest BCUT2D eigenvalue weighted by atomic mass is 10.3.